The van der Waals surface area contributed by atoms with E-state index in [1.54, 1.807) is 6.07 Å². The molecule has 1 aromatic rings. The maximum atomic E-state index is 13.6. The molecular weight excluding hydrogens is 229 g/mol. The summed E-state index contributed by atoms with van der Waals surface area (Å²) in [6.45, 7) is 2.05. The van der Waals surface area contributed by atoms with E-state index in [-0.39, 0.29) is 11.9 Å². The molecule has 3 nitrogen and oxygen atoms in total. The van der Waals surface area contributed by atoms with E-state index in [0.717, 1.165) is 31.5 Å². The van der Waals surface area contributed by atoms with Crippen LogP contribution >= 0.6 is 0 Å². The second kappa shape index (κ2) is 4.59. The van der Waals surface area contributed by atoms with Crippen molar-refractivity contribution in [1.29, 1.82) is 0 Å². The van der Waals surface area contributed by atoms with Crippen LogP contribution in [0.4, 0.5) is 4.39 Å². The summed E-state index contributed by atoms with van der Waals surface area (Å²) in [5.74, 6) is 0.878. The number of rotatable bonds is 2. The molecule has 0 amide bonds. The first kappa shape index (κ1) is 11.5. The number of guanidine groups is 1. The molecule has 1 saturated heterocycles. The largest absolute Gasteiger partial charge is 0.370 e. The number of hydrogen-bond donors (Lipinski definition) is 1. The first-order valence-corrected chi connectivity index (χ1v) is 6.56. The fourth-order valence-corrected chi connectivity index (χ4v) is 2.57. The Hall–Kier alpha value is -1.58. The molecule has 0 bridgehead atoms. The fourth-order valence-electron chi connectivity index (χ4n) is 2.57. The maximum Gasteiger partial charge on any atom is 0.191 e. The van der Waals surface area contributed by atoms with E-state index in [2.05, 4.69) is 9.89 Å². The molecule has 18 heavy (non-hydrogen) atoms. The summed E-state index contributed by atoms with van der Waals surface area (Å²) in [6, 6.07) is 7.30. The van der Waals surface area contributed by atoms with Crippen molar-refractivity contribution in [1.82, 2.24) is 4.90 Å². The molecule has 3 rings (SSSR count). The second-order valence-electron chi connectivity index (χ2n) is 5.17. The van der Waals surface area contributed by atoms with Gasteiger partial charge in [0.15, 0.2) is 5.96 Å². The predicted octanol–water partition coefficient (Wildman–Crippen LogP) is 2.09. The Morgan fingerprint density at radius 3 is 2.61 bits per heavy atom. The van der Waals surface area contributed by atoms with E-state index >= 15 is 0 Å². The van der Waals surface area contributed by atoms with Gasteiger partial charge in [-0.1, -0.05) is 18.2 Å². The van der Waals surface area contributed by atoms with Crippen molar-refractivity contribution in [2.45, 2.75) is 31.2 Å². The van der Waals surface area contributed by atoms with Crippen molar-refractivity contribution in [2.24, 2.45) is 10.7 Å². The van der Waals surface area contributed by atoms with Gasteiger partial charge in [0, 0.05) is 13.1 Å². The van der Waals surface area contributed by atoms with Crippen LogP contribution in [0, 0.1) is 5.82 Å². The molecule has 2 aliphatic rings. The molecule has 1 aliphatic heterocycles. The Balaban J connectivity index is 1.58. The molecule has 96 valence electrons. The van der Waals surface area contributed by atoms with Gasteiger partial charge in [0.05, 0.1) is 6.04 Å². The predicted molar refractivity (Wildman–Crippen MR) is 70.0 cm³/mol. The fraction of sp³-hybridized carbons (Fsp3) is 0.500. The Morgan fingerprint density at radius 1 is 1.28 bits per heavy atom. The topological polar surface area (TPSA) is 41.6 Å². The van der Waals surface area contributed by atoms with Crippen LogP contribution in [0.25, 0.3) is 0 Å². The molecule has 0 unspecified atom stereocenters. The molecule has 1 aromatic carbocycles. The quantitative estimate of drug-likeness (QED) is 0.642. The lowest BCUT2D eigenvalue weighted by Gasteiger charge is -2.36. The van der Waals surface area contributed by atoms with Gasteiger partial charge in [-0.25, -0.2) is 9.38 Å². The molecule has 2 N–H and O–H groups in total. The normalized spacial score (nSPS) is 27.6. The molecule has 0 aromatic heterocycles. The first-order chi connectivity index (χ1) is 8.74. The van der Waals surface area contributed by atoms with Crippen LogP contribution in [-0.2, 0) is 0 Å². The maximum absolute atomic E-state index is 13.6. The van der Waals surface area contributed by atoms with Crippen LogP contribution < -0.4 is 5.73 Å². The number of nitrogens with two attached hydrogens (primary N) is 1. The van der Waals surface area contributed by atoms with E-state index in [9.17, 15) is 4.39 Å². The van der Waals surface area contributed by atoms with Crippen LogP contribution in [0.2, 0.25) is 0 Å². The molecule has 0 radical (unpaired) electrons. The highest BCUT2D eigenvalue weighted by Gasteiger charge is 2.32. The lowest BCUT2D eigenvalue weighted by Crippen LogP contribution is -2.47. The minimum atomic E-state index is -0.0966. The van der Waals surface area contributed by atoms with Crippen molar-refractivity contribution >= 4 is 5.96 Å². The zero-order valence-corrected chi connectivity index (χ0v) is 10.3. The molecule has 2 fully saturated rings. The Bertz CT molecular complexity index is 462. The minimum Gasteiger partial charge on any atom is -0.370 e. The second-order valence-corrected chi connectivity index (χ2v) is 5.17. The van der Waals surface area contributed by atoms with Gasteiger partial charge in [0.1, 0.15) is 5.82 Å². The first-order valence-electron chi connectivity index (χ1n) is 6.56. The summed E-state index contributed by atoms with van der Waals surface area (Å²) in [4.78, 5) is 6.60. The van der Waals surface area contributed by atoms with Gasteiger partial charge in [-0.3, -0.25) is 0 Å². The van der Waals surface area contributed by atoms with Gasteiger partial charge in [-0.15, -0.1) is 0 Å². The third-order valence-corrected chi connectivity index (χ3v) is 3.95. The van der Waals surface area contributed by atoms with Crippen LogP contribution in [0.5, 0.6) is 0 Å². The number of aliphatic imine (C=N–C) groups is 1. The average Bonchev–Trinajstić information content (AvgIpc) is 2.22. The van der Waals surface area contributed by atoms with Gasteiger partial charge >= 0.3 is 0 Å². The Kier molecular flexibility index (Phi) is 2.94. The molecule has 1 heterocycles. The summed E-state index contributed by atoms with van der Waals surface area (Å²) in [5, 5.41) is 0. The Labute approximate surface area is 106 Å². The van der Waals surface area contributed by atoms with E-state index in [4.69, 9.17) is 5.73 Å². The number of hydrogen-bond acceptors (Lipinski definition) is 1. The van der Waals surface area contributed by atoms with Crippen LogP contribution in [0.15, 0.2) is 29.3 Å². The van der Waals surface area contributed by atoms with E-state index in [0.29, 0.717) is 11.9 Å². The summed E-state index contributed by atoms with van der Waals surface area (Å²) in [6.07, 6.45) is 3.03. The van der Waals surface area contributed by atoms with Crippen LogP contribution in [-0.4, -0.2) is 30.0 Å². The average molecular weight is 247 g/mol. The third kappa shape index (κ3) is 2.07. The summed E-state index contributed by atoms with van der Waals surface area (Å²) in [5.41, 5.74) is 6.73. The lowest BCUT2D eigenvalue weighted by atomic mass is 9.76. The highest BCUT2D eigenvalue weighted by molar-refractivity contribution is 5.79. The summed E-state index contributed by atoms with van der Waals surface area (Å²) < 4.78 is 13.6. The number of nitrogens with zero attached hydrogens (tertiary/aromatic N) is 2. The van der Waals surface area contributed by atoms with Gasteiger partial charge in [-0.2, -0.15) is 0 Å². The minimum absolute atomic E-state index is 0.0966. The van der Waals surface area contributed by atoms with E-state index < -0.39 is 0 Å². The van der Waals surface area contributed by atoms with Gasteiger partial charge in [-0.05, 0) is 36.8 Å². The van der Waals surface area contributed by atoms with Crippen molar-refractivity contribution in [3.63, 3.8) is 0 Å². The van der Waals surface area contributed by atoms with Crippen LogP contribution in [0.1, 0.15) is 30.7 Å². The van der Waals surface area contributed by atoms with Gasteiger partial charge in [0.25, 0.3) is 0 Å². The van der Waals surface area contributed by atoms with Crippen LogP contribution in [0.3, 0.4) is 0 Å². The summed E-state index contributed by atoms with van der Waals surface area (Å²) in [7, 11) is 0. The highest BCUT2D eigenvalue weighted by Crippen LogP contribution is 2.39. The SMILES string of the molecule is NC(=NC1CC(c2ccccc2F)C1)N1CCC1. The van der Waals surface area contributed by atoms with Crippen molar-refractivity contribution in [2.75, 3.05) is 13.1 Å². The zero-order valence-electron chi connectivity index (χ0n) is 10.3. The Morgan fingerprint density at radius 2 is 2.00 bits per heavy atom. The van der Waals surface area contributed by atoms with Crippen molar-refractivity contribution in [3.05, 3.63) is 35.6 Å². The molecule has 0 atom stereocenters. The van der Waals surface area contributed by atoms with Crippen molar-refractivity contribution in [3.8, 4) is 0 Å². The molecule has 4 heteroatoms. The lowest BCUT2D eigenvalue weighted by molar-refractivity contribution is 0.285. The molecule has 1 saturated carbocycles. The molecule has 0 spiro atoms. The van der Waals surface area contributed by atoms with Gasteiger partial charge < -0.3 is 10.6 Å². The van der Waals surface area contributed by atoms with Gasteiger partial charge in [0.2, 0.25) is 0 Å². The highest BCUT2D eigenvalue weighted by atomic mass is 19.1. The monoisotopic (exact) mass is 247 g/mol. The standard InChI is InChI=1S/C14H18FN3/c15-13-5-2-1-4-12(13)10-8-11(9-10)17-14(16)18-6-3-7-18/h1-2,4-5,10-11H,3,6-9H2,(H2,16,17). The number of benzene rings is 1. The van der Waals surface area contributed by atoms with E-state index in [1.807, 2.05) is 12.1 Å². The molecule has 1 aliphatic carbocycles. The number of halogens is 1. The smallest absolute Gasteiger partial charge is 0.191 e. The number of likely N-dealkylation sites (tertiary alicyclic amines) is 1. The molecular formula is C14H18FN3. The third-order valence-electron chi connectivity index (χ3n) is 3.95. The van der Waals surface area contributed by atoms with Crippen molar-refractivity contribution < 1.29 is 4.39 Å². The summed E-state index contributed by atoms with van der Waals surface area (Å²) >= 11 is 0. The zero-order chi connectivity index (χ0) is 12.5. The van der Waals surface area contributed by atoms with E-state index in [1.165, 1.54) is 12.5 Å².